The van der Waals surface area contributed by atoms with Crippen LogP contribution in [0, 0.1) is 0 Å². The number of nitrogens with zero attached hydrogens (tertiary/aromatic N) is 2. The first-order valence-electron chi connectivity index (χ1n) is 6.01. The van der Waals surface area contributed by atoms with E-state index < -0.39 is 10.0 Å². The Morgan fingerprint density at radius 1 is 1.30 bits per heavy atom. The number of carbonyl (C=O) groups is 1. The number of hydrogen-bond donors (Lipinski definition) is 0. The molecule has 1 aromatic carbocycles. The molecule has 20 heavy (non-hydrogen) atoms. The first kappa shape index (κ1) is 15.8. The minimum atomic E-state index is -3.68. The lowest BCUT2D eigenvalue weighted by atomic mass is 10.4. The highest BCUT2D eigenvalue weighted by molar-refractivity contribution is 9.10. The third-order valence-electron chi connectivity index (χ3n) is 3.17. The fraction of sp³-hybridized carbons (Fsp3) is 0.417. The van der Waals surface area contributed by atoms with Crippen molar-refractivity contribution < 1.29 is 13.2 Å². The number of carbonyl (C=O) groups excluding carboxylic acids is 1. The highest BCUT2D eigenvalue weighted by Gasteiger charge is 2.29. The summed E-state index contributed by atoms with van der Waals surface area (Å²) >= 11 is 9.08. The van der Waals surface area contributed by atoms with Crippen molar-refractivity contribution in [2.75, 3.05) is 26.7 Å². The monoisotopic (exact) mass is 380 g/mol. The van der Waals surface area contributed by atoms with Crippen LogP contribution in [-0.4, -0.2) is 50.2 Å². The number of benzene rings is 1. The van der Waals surface area contributed by atoms with E-state index in [1.54, 1.807) is 11.9 Å². The summed E-state index contributed by atoms with van der Waals surface area (Å²) in [5.74, 6) is -0.195. The zero-order valence-corrected chi connectivity index (χ0v) is 14.0. The molecule has 1 aromatic rings. The zero-order valence-electron chi connectivity index (χ0n) is 10.8. The van der Waals surface area contributed by atoms with Crippen molar-refractivity contribution >= 4 is 43.5 Å². The molecule has 0 saturated carbocycles. The maximum absolute atomic E-state index is 12.5. The minimum absolute atomic E-state index is 0.126. The standard InChI is InChI=1S/C12H14BrClN2O3S/c1-15-5-2-6-16(8-12(15)17)20(18,19)9-3-4-11(14)10(13)7-9/h3-4,7H,2,5-6,8H2,1H3. The van der Waals surface area contributed by atoms with Crippen molar-refractivity contribution in [3.8, 4) is 0 Å². The van der Waals surface area contributed by atoms with Crippen molar-refractivity contribution in [1.29, 1.82) is 0 Å². The molecule has 0 unspecified atom stereocenters. The van der Waals surface area contributed by atoms with Gasteiger partial charge in [-0.1, -0.05) is 11.6 Å². The third kappa shape index (κ3) is 3.16. The van der Waals surface area contributed by atoms with Crippen molar-refractivity contribution in [2.45, 2.75) is 11.3 Å². The van der Waals surface area contributed by atoms with Gasteiger partial charge in [0.2, 0.25) is 15.9 Å². The molecule has 2 rings (SSSR count). The zero-order chi connectivity index (χ0) is 14.9. The predicted octanol–water partition coefficient (Wildman–Crippen LogP) is 1.96. The van der Waals surface area contributed by atoms with Gasteiger partial charge in [-0.15, -0.1) is 0 Å². The summed E-state index contributed by atoms with van der Waals surface area (Å²) in [6.07, 6.45) is 0.621. The molecule has 1 aliphatic rings. The van der Waals surface area contributed by atoms with Gasteiger partial charge in [0.05, 0.1) is 16.5 Å². The molecule has 0 aromatic heterocycles. The quantitative estimate of drug-likeness (QED) is 0.787. The van der Waals surface area contributed by atoms with Gasteiger partial charge in [-0.05, 0) is 40.5 Å². The van der Waals surface area contributed by atoms with Gasteiger partial charge in [0.25, 0.3) is 0 Å². The normalized spacial score (nSPS) is 18.1. The number of amides is 1. The fourth-order valence-electron chi connectivity index (χ4n) is 1.95. The van der Waals surface area contributed by atoms with Crippen LogP contribution < -0.4 is 0 Å². The second-order valence-electron chi connectivity index (χ2n) is 4.58. The molecule has 1 heterocycles. The Morgan fingerprint density at radius 3 is 2.65 bits per heavy atom. The van der Waals surface area contributed by atoms with E-state index in [4.69, 9.17) is 11.6 Å². The van der Waals surface area contributed by atoms with Crippen LogP contribution in [0.5, 0.6) is 0 Å². The SMILES string of the molecule is CN1CCCN(S(=O)(=O)c2ccc(Cl)c(Br)c2)CC1=O. The Balaban J connectivity index is 2.34. The molecule has 1 fully saturated rings. The Kier molecular flexibility index (Phi) is 4.73. The topological polar surface area (TPSA) is 57.7 Å². The molecule has 110 valence electrons. The number of rotatable bonds is 2. The van der Waals surface area contributed by atoms with E-state index in [0.717, 1.165) is 0 Å². The van der Waals surface area contributed by atoms with Gasteiger partial charge in [-0.2, -0.15) is 4.31 Å². The van der Waals surface area contributed by atoms with Crippen LogP contribution in [0.3, 0.4) is 0 Å². The van der Waals surface area contributed by atoms with Crippen LogP contribution >= 0.6 is 27.5 Å². The molecule has 0 radical (unpaired) electrons. The molecule has 8 heteroatoms. The summed E-state index contributed by atoms with van der Waals surface area (Å²) in [4.78, 5) is 13.5. The highest BCUT2D eigenvalue weighted by atomic mass is 79.9. The van der Waals surface area contributed by atoms with Crippen LogP contribution in [-0.2, 0) is 14.8 Å². The van der Waals surface area contributed by atoms with Gasteiger partial charge in [0.1, 0.15) is 0 Å². The number of hydrogen-bond acceptors (Lipinski definition) is 3. The molecule has 1 aliphatic heterocycles. The average Bonchev–Trinajstić information content (AvgIpc) is 2.56. The van der Waals surface area contributed by atoms with E-state index >= 15 is 0 Å². The summed E-state index contributed by atoms with van der Waals surface area (Å²) in [7, 11) is -2.01. The molecule has 0 atom stereocenters. The molecule has 0 bridgehead atoms. The van der Waals surface area contributed by atoms with Crippen LogP contribution in [0.4, 0.5) is 0 Å². The highest BCUT2D eigenvalue weighted by Crippen LogP contribution is 2.27. The van der Waals surface area contributed by atoms with E-state index in [9.17, 15) is 13.2 Å². The fourth-order valence-corrected chi connectivity index (χ4v) is 4.05. The lowest BCUT2D eigenvalue weighted by Gasteiger charge is -2.19. The summed E-state index contributed by atoms with van der Waals surface area (Å²) < 4.78 is 26.8. The van der Waals surface area contributed by atoms with Gasteiger partial charge < -0.3 is 4.90 Å². The summed E-state index contributed by atoms with van der Waals surface area (Å²) in [6, 6.07) is 4.42. The summed E-state index contributed by atoms with van der Waals surface area (Å²) in [6.45, 7) is 0.771. The Labute approximate surface area is 131 Å². The maximum Gasteiger partial charge on any atom is 0.243 e. The molecule has 0 spiro atoms. The van der Waals surface area contributed by atoms with E-state index in [0.29, 0.717) is 29.0 Å². The summed E-state index contributed by atoms with van der Waals surface area (Å²) in [5, 5.41) is 0.440. The average molecular weight is 382 g/mol. The second kappa shape index (κ2) is 6.01. The van der Waals surface area contributed by atoms with Gasteiger partial charge in [0.15, 0.2) is 0 Å². The van der Waals surface area contributed by atoms with Crippen molar-refractivity contribution in [3.63, 3.8) is 0 Å². The number of halogens is 2. The third-order valence-corrected chi connectivity index (χ3v) is 6.22. The van der Waals surface area contributed by atoms with Crippen molar-refractivity contribution in [1.82, 2.24) is 9.21 Å². The molecular formula is C12H14BrClN2O3S. The minimum Gasteiger partial charge on any atom is -0.345 e. The van der Waals surface area contributed by atoms with Crippen LogP contribution in [0.2, 0.25) is 5.02 Å². The predicted molar refractivity (Wildman–Crippen MR) is 80.2 cm³/mol. The Bertz CT molecular complexity index is 636. The van der Waals surface area contributed by atoms with E-state index in [1.165, 1.54) is 22.5 Å². The summed E-state index contributed by atoms with van der Waals surface area (Å²) in [5.41, 5.74) is 0. The largest absolute Gasteiger partial charge is 0.345 e. The Hall–Kier alpha value is -0.630. The van der Waals surface area contributed by atoms with Crippen LogP contribution in [0.25, 0.3) is 0 Å². The molecule has 1 saturated heterocycles. The van der Waals surface area contributed by atoms with Gasteiger partial charge in [-0.3, -0.25) is 4.79 Å². The van der Waals surface area contributed by atoms with Gasteiger partial charge in [-0.25, -0.2) is 8.42 Å². The second-order valence-corrected chi connectivity index (χ2v) is 7.78. The molecule has 5 nitrogen and oxygen atoms in total. The Morgan fingerprint density at radius 2 is 2.00 bits per heavy atom. The lowest BCUT2D eigenvalue weighted by Crippen LogP contribution is -2.38. The van der Waals surface area contributed by atoms with Gasteiger partial charge >= 0.3 is 0 Å². The molecule has 0 aliphatic carbocycles. The maximum atomic E-state index is 12.5. The smallest absolute Gasteiger partial charge is 0.243 e. The van der Waals surface area contributed by atoms with Crippen molar-refractivity contribution in [3.05, 3.63) is 27.7 Å². The van der Waals surface area contributed by atoms with E-state index in [-0.39, 0.29) is 17.3 Å². The molecular weight excluding hydrogens is 368 g/mol. The first-order valence-corrected chi connectivity index (χ1v) is 8.62. The van der Waals surface area contributed by atoms with E-state index in [2.05, 4.69) is 15.9 Å². The van der Waals surface area contributed by atoms with Crippen molar-refractivity contribution in [2.24, 2.45) is 0 Å². The van der Waals surface area contributed by atoms with Crippen LogP contribution in [0.1, 0.15) is 6.42 Å². The van der Waals surface area contributed by atoms with Crippen LogP contribution in [0.15, 0.2) is 27.6 Å². The molecule has 0 N–H and O–H groups in total. The van der Waals surface area contributed by atoms with E-state index in [1.807, 2.05) is 0 Å². The number of likely N-dealkylation sites (N-methyl/N-ethyl adjacent to an activating group) is 1. The molecule has 1 amide bonds. The van der Waals surface area contributed by atoms with Gasteiger partial charge in [0, 0.05) is 24.6 Å². The number of sulfonamides is 1. The first-order chi connectivity index (χ1) is 9.32. The lowest BCUT2D eigenvalue weighted by molar-refractivity contribution is -0.129.